The van der Waals surface area contributed by atoms with Gasteiger partial charge in [-0.15, -0.1) is 0 Å². The van der Waals surface area contributed by atoms with Crippen molar-refractivity contribution in [1.82, 2.24) is 10.2 Å². The normalized spacial score (nSPS) is 18.9. The van der Waals surface area contributed by atoms with Gasteiger partial charge in [0.1, 0.15) is 11.6 Å². The number of benzene rings is 2. The number of carbonyl (C=O) groups is 3. The van der Waals surface area contributed by atoms with Gasteiger partial charge in [-0.3, -0.25) is 9.59 Å². The van der Waals surface area contributed by atoms with Crippen LogP contribution in [0.5, 0.6) is 5.75 Å². The van der Waals surface area contributed by atoms with Crippen LogP contribution < -0.4 is 15.4 Å². The first-order valence-electron chi connectivity index (χ1n) is 11.1. The Morgan fingerprint density at radius 2 is 1.86 bits per heavy atom. The van der Waals surface area contributed by atoms with Gasteiger partial charge in [0.2, 0.25) is 5.91 Å². The molecule has 0 spiro atoms. The largest absolute Gasteiger partial charge is 0.492 e. The van der Waals surface area contributed by atoms with Crippen molar-refractivity contribution in [1.29, 1.82) is 0 Å². The van der Waals surface area contributed by atoms with Gasteiger partial charge in [0, 0.05) is 44.1 Å². The molecule has 1 fully saturated rings. The number of nitrogens with one attached hydrogen (secondary N) is 2. The van der Waals surface area contributed by atoms with Crippen molar-refractivity contribution < 1.29 is 37.0 Å². The number of anilines is 1. The second-order valence-corrected chi connectivity index (χ2v) is 8.47. The van der Waals surface area contributed by atoms with Crippen molar-refractivity contribution >= 4 is 23.6 Å². The number of rotatable bonds is 5. The molecule has 1 saturated heterocycles. The summed E-state index contributed by atoms with van der Waals surface area (Å²) >= 11 is 0. The Bertz CT molecular complexity index is 1160. The van der Waals surface area contributed by atoms with E-state index in [1.165, 1.54) is 19.1 Å². The number of hydrogen-bond acceptors (Lipinski definition) is 5. The minimum Gasteiger partial charge on any atom is -0.492 e. The van der Waals surface area contributed by atoms with Gasteiger partial charge in [-0.05, 0) is 30.7 Å². The van der Waals surface area contributed by atoms with Crippen LogP contribution in [0.15, 0.2) is 30.3 Å². The topological polar surface area (TPSA) is 97.0 Å². The first-order chi connectivity index (χ1) is 16.7. The third-order valence-corrected chi connectivity index (χ3v) is 6.04. The van der Waals surface area contributed by atoms with Crippen molar-refractivity contribution in [3.05, 3.63) is 58.9 Å². The van der Waals surface area contributed by atoms with Crippen LogP contribution in [0.4, 0.5) is 23.7 Å². The molecular formula is C24H24F3N3O5. The molecule has 2 aliphatic rings. The lowest BCUT2D eigenvalue weighted by Crippen LogP contribution is -2.35. The second-order valence-electron chi connectivity index (χ2n) is 8.47. The molecule has 2 N–H and O–H groups in total. The van der Waals surface area contributed by atoms with E-state index < -0.39 is 35.5 Å². The Morgan fingerprint density at radius 3 is 2.57 bits per heavy atom. The van der Waals surface area contributed by atoms with Crippen LogP contribution in [0.2, 0.25) is 0 Å². The zero-order chi connectivity index (χ0) is 25.1. The van der Waals surface area contributed by atoms with E-state index in [-0.39, 0.29) is 54.0 Å². The van der Waals surface area contributed by atoms with Gasteiger partial charge in [0.25, 0.3) is 5.91 Å². The van der Waals surface area contributed by atoms with Crippen molar-refractivity contribution in [2.75, 3.05) is 31.6 Å². The van der Waals surface area contributed by atoms with E-state index >= 15 is 0 Å². The van der Waals surface area contributed by atoms with Crippen LogP contribution in [0.25, 0.3) is 0 Å². The molecule has 2 heterocycles. The van der Waals surface area contributed by atoms with E-state index in [0.29, 0.717) is 13.1 Å². The minimum atomic E-state index is -1.13. The van der Waals surface area contributed by atoms with E-state index in [0.717, 1.165) is 24.6 Å². The SMILES string of the molecule is CC(=O)N1CCC(COC(=O)N[C@H]2CCOc3c(C(=O)Nc4ccc(F)c(F)c4)ccc(F)c32)C1. The van der Waals surface area contributed by atoms with Gasteiger partial charge >= 0.3 is 6.09 Å². The van der Waals surface area contributed by atoms with E-state index in [2.05, 4.69) is 10.6 Å². The minimum absolute atomic E-state index is 0.00485. The summed E-state index contributed by atoms with van der Waals surface area (Å²) in [4.78, 5) is 38.3. The molecule has 35 heavy (non-hydrogen) atoms. The number of fused-ring (bicyclic) bond motifs is 1. The van der Waals surface area contributed by atoms with Crippen LogP contribution in [0.1, 0.15) is 41.7 Å². The molecule has 0 bridgehead atoms. The van der Waals surface area contributed by atoms with Gasteiger partial charge in [-0.1, -0.05) is 0 Å². The molecule has 2 aromatic carbocycles. The van der Waals surface area contributed by atoms with Gasteiger partial charge in [0.05, 0.1) is 30.4 Å². The maximum Gasteiger partial charge on any atom is 0.407 e. The number of halogens is 3. The van der Waals surface area contributed by atoms with Crippen molar-refractivity contribution in [3.63, 3.8) is 0 Å². The lowest BCUT2D eigenvalue weighted by molar-refractivity contribution is -0.127. The van der Waals surface area contributed by atoms with Gasteiger partial charge in [-0.2, -0.15) is 0 Å². The predicted molar refractivity (Wildman–Crippen MR) is 118 cm³/mol. The molecule has 4 rings (SSSR count). The summed E-state index contributed by atoms with van der Waals surface area (Å²) in [5.74, 6) is -3.64. The fourth-order valence-electron chi connectivity index (χ4n) is 4.21. The molecule has 3 amide bonds. The summed E-state index contributed by atoms with van der Waals surface area (Å²) in [6, 6.07) is 4.36. The molecule has 0 aromatic heterocycles. The van der Waals surface area contributed by atoms with Crippen LogP contribution >= 0.6 is 0 Å². The van der Waals surface area contributed by atoms with E-state index in [4.69, 9.17) is 9.47 Å². The van der Waals surface area contributed by atoms with E-state index in [9.17, 15) is 27.6 Å². The van der Waals surface area contributed by atoms with Gasteiger partial charge in [0.15, 0.2) is 11.6 Å². The lowest BCUT2D eigenvalue weighted by atomic mass is 9.96. The molecule has 2 aliphatic heterocycles. The number of alkyl carbamates (subject to hydrolysis) is 1. The molecule has 2 atom stereocenters. The van der Waals surface area contributed by atoms with E-state index in [1.807, 2.05) is 0 Å². The number of ether oxygens (including phenoxy) is 2. The summed E-state index contributed by atoms with van der Waals surface area (Å²) in [5.41, 5.74) is -0.0210. The maximum absolute atomic E-state index is 14.8. The summed E-state index contributed by atoms with van der Waals surface area (Å²) in [5, 5.41) is 5.05. The Morgan fingerprint density at radius 1 is 1.09 bits per heavy atom. The molecule has 2 aromatic rings. The second kappa shape index (κ2) is 10.2. The highest BCUT2D eigenvalue weighted by Gasteiger charge is 2.32. The average molecular weight is 491 g/mol. The molecule has 8 nitrogen and oxygen atoms in total. The molecule has 0 saturated carbocycles. The Kier molecular flexibility index (Phi) is 7.13. The zero-order valence-electron chi connectivity index (χ0n) is 18.9. The maximum atomic E-state index is 14.8. The van der Waals surface area contributed by atoms with Crippen molar-refractivity contribution in [3.8, 4) is 5.75 Å². The van der Waals surface area contributed by atoms with Gasteiger partial charge in [-0.25, -0.2) is 18.0 Å². The van der Waals surface area contributed by atoms with Gasteiger partial charge < -0.3 is 25.0 Å². The predicted octanol–water partition coefficient (Wildman–Crippen LogP) is 3.77. The Balaban J connectivity index is 1.44. The number of amides is 3. The van der Waals surface area contributed by atoms with Crippen LogP contribution in [-0.4, -0.2) is 49.1 Å². The highest BCUT2D eigenvalue weighted by atomic mass is 19.2. The lowest BCUT2D eigenvalue weighted by Gasteiger charge is -2.28. The molecule has 0 radical (unpaired) electrons. The third kappa shape index (κ3) is 5.50. The number of hydrogen-bond donors (Lipinski definition) is 2. The fraction of sp³-hybridized carbons (Fsp3) is 0.375. The Labute approximate surface area is 199 Å². The third-order valence-electron chi connectivity index (χ3n) is 6.04. The first-order valence-corrected chi connectivity index (χ1v) is 11.1. The number of carbonyl (C=O) groups excluding carboxylic acids is 3. The van der Waals surface area contributed by atoms with Crippen LogP contribution in [-0.2, 0) is 9.53 Å². The monoisotopic (exact) mass is 491 g/mol. The molecule has 186 valence electrons. The number of likely N-dealkylation sites (tertiary alicyclic amines) is 1. The highest BCUT2D eigenvalue weighted by Crippen LogP contribution is 2.37. The molecular weight excluding hydrogens is 467 g/mol. The summed E-state index contributed by atoms with van der Waals surface area (Å²) in [6.07, 6.45) is 0.215. The van der Waals surface area contributed by atoms with Crippen LogP contribution in [0.3, 0.4) is 0 Å². The smallest absolute Gasteiger partial charge is 0.407 e. The van der Waals surface area contributed by atoms with Crippen molar-refractivity contribution in [2.24, 2.45) is 5.92 Å². The van der Waals surface area contributed by atoms with E-state index in [1.54, 1.807) is 4.90 Å². The average Bonchev–Trinajstić information content (AvgIpc) is 3.30. The molecule has 11 heteroatoms. The summed E-state index contributed by atoms with van der Waals surface area (Å²) in [6.45, 7) is 2.82. The van der Waals surface area contributed by atoms with Crippen LogP contribution in [0, 0.1) is 23.4 Å². The summed E-state index contributed by atoms with van der Waals surface area (Å²) in [7, 11) is 0. The summed E-state index contributed by atoms with van der Waals surface area (Å²) < 4.78 is 52.2. The Hall–Kier alpha value is -3.76. The van der Waals surface area contributed by atoms with Crippen molar-refractivity contribution in [2.45, 2.75) is 25.8 Å². The quantitative estimate of drug-likeness (QED) is 0.664. The first kappa shape index (κ1) is 24.4. The zero-order valence-corrected chi connectivity index (χ0v) is 18.9. The highest BCUT2D eigenvalue weighted by molar-refractivity contribution is 6.06. The molecule has 0 aliphatic carbocycles. The number of nitrogens with zero attached hydrogens (tertiary/aromatic N) is 1. The standard InChI is InChI=1S/C24H24F3N3O5/c1-13(31)30-8-6-14(11-30)12-35-24(33)29-20-7-9-34-22-16(3-5-18(26)21(20)22)23(32)28-15-2-4-17(25)19(27)10-15/h2-5,10,14,20H,6-9,11-12H2,1H3,(H,28,32)(H,29,33)/t14?,20-/m0/s1. The fourth-order valence-corrected chi connectivity index (χ4v) is 4.21. The molecule has 1 unspecified atom stereocenters.